The lowest BCUT2D eigenvalue weighted by Crippen LogP contribution is -2.23. The first-order valence-corrected chi connectivity index (χ1v) is 8.20. The summed E-state index contributed by atoms with van der Waals surface area (Å²) in [5.74, 6) is 1.01. The van der Waals surface area contributed by atoms with Gasteiger partial charge in [-0.1, -0.05) is 0 Å². The zero-order valence-corrected chi connectivity index (χ0v) is 12.4. The van der Waals surface area contributed by atoms with Crippen molar-refractivity contribution in [1.82, 2.24) is 10.0 Å². The molecule has 0 bridgehead atoms. The third kappa shape index (κ3) is 3.44. The second-order valence-electron chi connectivity index (χ2n) is 4.12. The fourth-order valence-corrected chi connectivity index (χ4v) is 3.59. The molecule has 104 valence electrons. The van der Waals surface area contributed by atoms with Crippen molar-refractivity contribution in [2.24, 2.45) is 0 Å². The van der Waals surface area contributed by atoms with Crippen molar-refractivity contribution in [2.45, 2.75) is 24.9 Å². The number of rotatable bonds is 6. The highest BCUT2D eigenvalue weighted by Crippen LogP contribution is 2.20. The molecule has 19 heavy (non-hydrogen) atoms. The van der Waals surface area contributed by atoms with Gasteiger partial charge in [-0.2, -0.15) is 11.3 Å². The van der Waals surface area contributed by atoms with E-state index in [4.69, 9.17) is 4.42 Å². The highest BCUT2D eigenvalue weighted by atomic mass is 32.2. The van der Waals surface area contributed by atoms with Crippen LogP contribution in [-0.2, 0) is 23.1 Å². The summed E-state index contributed by atoms with van der Waals surface area (Å²) in [7, 11) is -1.75. The van der Waals surface area contributed by atoms with Crippen LogP contribution < -0.4 is 10.0 Å². The van der Waals surface area contributed by atoms with E-state index in [2.05, 4.69) is 10.0 Å². The number of hydrogen-bond acceptors (Lipinski definition) is 5. The standard InChI is InChI=1S/C12H16N2O3S2/c1-9-12(5-11(17-9)7-13-2)19(15,16)14-6-10-3-4-18-8-10/h3-5,8,13-14H,6-7H2,1-2H3. The first kappa shape index (κ1) is 14.3. The van der Waals surface area contributed by atoms with E-state index in [9.17, 15) is 8.42 Å². The zero-order chi connectivity index (χ0) is 13.9. The summed E-state index contributed by atoms with van der Waals surface area (Å²) in [6, 6.07) is 3.45. The SMILES string of the molecule is CNCc1cc(S(=O)(=O)NCc2ccsc2)c(C)o1. The maximum absolute atomic E-state index is 12.2. The summed E-state index contributed by atoms with van der Waals surface area (Å²) in [6.07, 6.45) is 0. The monoisotopic (exact) mass is 300 g/mol. The molecule has 0 radical (unpaired) electrons. The number of aryl methyl sites for hydroxylation is 1. The first-order valence-electron chi connectivity index (χ1n) is 5.77. The second-order valence-corrected chi connectivity index (χ2v) is 6.64. The van der Waals surface area contributed by atoms with Crippen molar-refractivity contribution in [1.29, 1.82) is 0 Å². The normalized spacial score (nSPS) is 11.9. The largest absolute Gasteiger partial charge is 0.464 e. The minimum Gasteiger partial charge on any atom is -0.464 e. The number of nitrogens with one attached hydrogen (secondary N) is 2. The molecule has 0 spiro atoms. The van der Waals surface area contributed by atoms with Crippen LogP contribution in [0.2, 0.25) is 0 Å². The Labute approximate surface area is 116 Å². The Bertz CT molecular complexity index is 630. The molecule has 2 heterocycles. The molecule has 0 unspecified atom stereocenters. The fraction of sp³-hybridized carbons (Fsp3) is 0.333. The van der Waals surface area contributed by atoms with E-state index in [-0.39, 0.29) is 11.4 Å². The van der Waals surface area contributed by atoms with Crippen molar-refractivity contribution >= 4 is 21.4 Å². The van der Waals surface area contributed by atoms with E-state index in [0.29, 0.717) is 18.1 Å². The van der Waals surface area contributed by atoms with E-state index in [1.165, 1.54) is 11.3 Å². The molecule has 2 N–H and O–H groups in total. The van der Waals surface area contributed by atoms with Crippen LogP contribution in [0.4, 0.5) is 0 Å². The van der Waals surface area contributed by atoms with Crippen LogP contribution in [0.1, 0.15) is 17.1 Å². The van der Waals surface area contributed by atoms with Crippen molar-refractivity contribution in [3.05, 3.63) is 40.0 Å². The third-order valence-electron chi connectivity index (χ3n) is 2.61. The van der Waals surface area contributed by atoms with Crippen LogP contribution in [-0.4, -0.2) is 15.5 Å². The smallest absolute Gasteiger partial charge is 0.244 e. The van der Waals surface area contributed by atoms with Gasteiger partial charge in [0.25, 0.3) is 0 Å². The van der Waals surface area contributed by atoms with Gasteiger partial charge in [0.1, 0.15) is 16.4 Å². The zero-order valence-electron chi connectivity index (χ0n) is 10.8. The molecule has 0 fully saturated rings. The highest BCUT2D eigenvalue weighted by molar-refractivity contribution is 7.89. The van der Waals surface area contributed by atoms with Crippen molar-refractivity contribution in [2.75, 3.05) is 7.05 Å². The predicted molar refractivity (Wildman–Crippen MR) is 74.6 cm³/mol. The van der Waals surface area contributed by atoms with Gasteiger partial charge in [0.15, 0.2) is 0 Å². The Balaban J connectivity index is 2.14. The lowest BCUT2D eigenvalue weighted by Gasteiger charge is -2.03. The fourth-order valence-electron chi connectivity index (χ4n) is 1.70. The predicted octanol–water partition coefficient (Wildman–Crippen LogP) is 1.85. The van der Waals surface area contributed by atoms with E-state index in [1.807, 2.05) is 16.8 Å². The van der Waals surface area contributed by atoms with Gasteiger partial charge in [0.2, 0.25) is 10.0 Å². The van der Waals surface area contributed by atoms with Gasteiger partial charge in [-0.15, -0.1) is 0 Å². The minimum atomic E-state index is -3.53. The van der Waals surface area contributed by atoms with Crippen molar-refractivity contribution < 1.29 is 12.8 Å². The molecule has 2 aromatic heterocycles. The van der Waals surface area contributed by atoms with Crippen LogP contribution in [0.3, 0.4) is 0 Å². The van der Waals surface area contributed by atoms with E-state index < -0.39 is 10.0 Å². The summed E-state index contributed by atoms with van der Waals surface area (Å²) >= 11 is 1.54. The van der Waals surface area contributed by atoms with Gasteiger partial charge in [0, 0.05) is 12.6 Å². The highest BCUT2D eigenvalue weighted by Gasteiger charge is 2.20. The molecule has 0 amide bonds. The molecular formula is C12H16N2O3S2. The molecule has 0 aliphatic rings. The average Bonchev–Trinajstić information content (AvgIpc) is 2.97. The Morgan fingerprint density at radius 3 is 2.79 bits per heavy atom. The van der Waals surface area contributed by atoms with Crippen LogP contribution in [0, 0.1) is 6.92 Å². The molecule has 0 saturated carbocycles. The summed E-state index contributed by atoms with van der Waals surface area (Å²) < 4.78 is 32.3. The maximum atomic E-state index is 12.2. The number of thiophene rings is 1. The van der Waals surface area contributed by atoms with Gasteiger partial charge >= 0.3 is 0 Å². The first-order chi connectivity index (χ1) is 9.03. The molecule has 2 rings (SSSR count). The summed E-state index contributed by atoms with van der Waals surface area (Å²) in [5.41, 5.74) is 0.949. The summed E-state index contributed by atoms with van der Waals surface area (Å²) in [4.78, 5) is 0.202. The lowest BCUT2D eigenvalue weighted by atomic mass is 10.4. The molecule has 5 nitrogen and oxygen atoms in total. The molecule has 0 aromatic carbocycles. The second kappa shape index (κ2) is 5.87. The van der Waals surface area contributed by atoms with Crippen LogP contribution in [0.15, 0.2) is 32.2 Å². The Hall–Kier alpha value is -1.15. The topological polar surface area (TPSA) is 71.3 Å². The van der Waals surface area contributed by atoms with Crippen molar-refractivity contribution in [3.63, 3.8) is 0 Å². The minimum absolute atomic E-state index is 0.202. The van der Waals surface area contributed by atoms with E-state index in [0.717, 1.165) is 5.56 Å². The summed E-state index contributed by atoms with van der Waals surface area (Å²) in [6.45, 7) is 2.44. The van der Waals surface area contributed by atoms with Gasteiger partial charge in [0.05, 0.1) is 6.54 Å². The maximum Gasteiger partial charge on any atom is 0.244 e. The third-order valence-corrected chi connectivity index (χ3v) is 4.85. The summed E-state index contributed by atoms with van der Waals surface area (Å²) in [5, 5.41) is 6.75. The molecule has 0 atom stereocenters. The number of furan rings is 1. The number of sulfonamides is 1. The molecule has 2 aromatic rings. The van der Waals surface area contributed by atoms with Crippen LogP contribution in [0.5, 0.6) is 0 Å². The van der Waals surface area contributed by atoms with Gasteiger partial charge < -0.3 is 9.73 Å². The molecule has 0 aliphatic heterocycles. The van der Waals surface area contributed by atoms with Gasteiger partial charge in [-0.05, 0) is 36.4 Å². The van der Waals surface area contributed by atoms with Gasteiger partial charge in [-0.3, -0.25) is 0 Å². The van der Waals surface area contributed by atoms with E-state index in [1.54, 1.807) is 20.0 Å². The van der Waals surface area contributed by atoms with Crippen LogP contribution in [0.25, 0.3) is 0 Å². The Kier molecular flexibility index (Phi) is 4.41. The Morgan fingerprint density at radius 1 is 1.37 bits per heavy atom. The average molecular weight is 300 g/mol. The van der Waals surface area contributed by atoms with Crippen molar-refractivity contribution in [3.8, 4) is 0 Å². The quantitative estimate of drug-likeness (QED) is 0.854. The molecule has 0 saturated heterocycles. The number of hydrogen-bond donors (Lipinski definition) is 2. The van der Waals surface area contributed by atoms with Crippen LogP contribution >= 0.6 is 11.3 Å². The lowest BCUT2D eigenvalue weighted by molar-refractivity contribution is 0.465. The molecule has 7 heteroatoms. The van der Waals surface area contributed by atoms with E-state index >= 15 is 0 Å². The molecular weight excluding hydrogens is 284 g/mol. The molecule has 0 aliphatic carbocycles. The van der Waals surface area contributed by atoms with Gasteiger partial charge in [-0.25, -0.2) is 13.1 Å². The Morgan fingerprint density at radius 2 is 2.16 bits per heavy atom.